The van der Waals surface area contributed by atoms with E-state index in [0.29, 0.717) is 6.42 Å². The second kappa shape index (κ2) is 3.15. The number of alkyl halides is 1. The molecule has 0 N–H and O–H groups in total. The summed E-state index contributed by atoms with van der Waals surface area (Å²) in [5.74, 6) is 1.84. The summed E-state index contributed by atoms with van der Waals surface area (Å²) in [6, 6.07) is 0. The maximum atomic E-state index is 12.4. The number of halogens is 1. The molecular weight excluding hydrogens is 203 g/mol. The van der Waals surface area contributed by atoms with Crippen molar-refractivity contribution in [3.63, 3.8) is 0 Å². The Morgan fingerprint density at radius 3 is 2.69 bits per heavy atom. The van der Waals surface area contributed by atoms with Gasteiger partial charge in [-0.3, -0.25) is 0 Å². The Morgan fingerprint density at radius 2 is 2.15 bits per heavy atom. The molecule has 2 aliphatic rings. The van der Waals surface area contributed by atoms with E-state index < -0.39 is 11.8 Å². The zero-order chi connectivity index (χ0) is 9.36. The monoisotopic (exact) mass is 214 g/mol. The molecule has 0 radical (unpaired) electrons. The lowest BCUT2D eigenvalue weighted by Gasteiger charge is -2.29. The van der Waals surface area contributed by atoms with Crippen LogP contribution in [0, 0.1) is 0 Å². The number of hydrogen-bond donors (Lipinski definition) is 0. The van der Waals surface area contributed by atoms with Crippen LogP contribution in [0.1, 0.15) is 12.8 Å². The van der Waals surface area contributed by atoms with E-state index in [0.717, 1.165) is 12.6 Å². The summed E-state index contributed by atoms with van der Waals surface area (Å²) in [4.78, 5) is 0. The molecule has 2 unspecified atom stereocenters. The van der Waals surface area contributed by atoms with Crippen LogP contribution in [0.2, 0.25) is 0 Å². The van der Waals surface area contributed by atoms with E-state index in [1.165, 1.54) is 0 Å². The molecule has 2 atom stereocenters. The summed E-state index contributed by atoms with van der Waals surface area (Å²) in [6.45, 7) is 0. The van der Waals surface area contributed by atoms with Gasteiger partial charge in [-0.05, 0) is 18.7 Å². The summed E-state index contributed by atoms with van der Waals surface area (Å²) in [5.41, 5.74) is 0. The average Bonchev–Trinajstić information content (AvgIpc) is 2.55. The smallest absolute Gasteiger partial charge is 0.132 e. The van der Waals surface area contributed by atoms with E-state index >= 15 is 0 Å². The highest BCUT2D eigenvalue weighted by Gasteiger charge is 2.43. The lowest BCUT2D eigenvalue weighted by molar-refractivity contribution is 0.572. The molecule has 0 saturated heterocycles. The molecule has 1 nitrogen and oxygen atoms in total. The highest BCUT2D eigenvalue weighted by molar-refractivity contribution is 7.70. The van der Waals surface area contributed by atoms with Crippen molar-refractivity contribution < 1.29 is 4.57 Å². The highest BCUT2D eigenvalue weighted by Crippen LogP contribution is 2.67. The predicted molar refractivity (Wildman–Crippen MR) is 57.7 cm³/mol. The molecule has 70 valence electrons. The van der Waals surface area contributed by atoms with Gasteiger partial charge in [0.15, 0.2) is 0 Å². The average molecular weight is 215 g/mol. The van der Waals surface area contributed by atoms with E-state index in [2.05, 4.69) is 0 Å². The summed E-state index contributed by atoms with van der Waals surface area (Å²) < 4.78 is 11.8. The first-order valence-corrected chi connectivity index (χ1v) is 6.80. The van der Waals surface area contributed by atoms with Crippen LogP contribution in [0.5, 0.6) is 0 Å². The molecule has 2 rings (SSSR count). The van der Waals surface area contributed by atoms with Crippen LogP contribution in [0.4, 0.5) is 0 Å². The Bertz CT molecular complexity index is 343. The minimum absolute atomic E-state index is 0.630. The topological polar surface area (TPSA) is 17.1 Å². The van der Waals surface area contributed by atoms with Gasteiger partial charge < -0.3 is 4.57 Å². The van der Waals surface area contributed by atoms with Crippen molar-refractivity contribution in [1.29, 1.82) is 0 Å². The lowest BCUT2D eigenvalue weighted by atomic mass is 10.2. The van der Waals surface area contributed by atoms with Crippen LogP contribution in [0.15, 0.2) is 36.2 Å². The first kappa shape index (κ1) is 9.30. The molecule has 0 spiro atoms. The SMILES string of the molecule is O=P1(C2(Cl)C=CC=CC2)C=CCC1. The number of rotatable bonds is 1. The Hall–Kier alpha value is -0.260. The summed E-state index contributed by atoms with van der Waals surface area (Å²) in [6.07, 6.45) is 12.0. The number of allylic oxidation sites excluding steroid dienone is 5. The standard InChI is InChI=1S/C10H12ClOP/c11-10(6-2-1-3-7-10)13(12)8-4-5-9-13/h1-4,6,8H,5,7,9H2. The van der Waals surface area contributed by atoms with Crippen LogP contribution >= 0.6 is 18.7 Å². The van der Waals surface area contributed by atoms with E-state index in [9.17, 15) is 4.57 Å². The van der Waals surface area contributed by atoms with Crippen molar-refractivity contribution in [2.45, 2.75) is 17.5 Å². The van der Waals surface area contributed by atoms with Crippen molar-refractivity contribution in [1.82, 2.24) is 0 Å². The van der Waals surface area contributed by atoms with Gasteiger partial charge in [0, 0.05) is 6.16 Å². The molecule has 1 aliphatic heterocycles. The minimum atomic E-state index is -2.31. The minimum Gasteiger partial charge on any atom is -0.317 e. The van der Waals surface area contributed by atoms with Crippen LogP contribution < -0.4 is 0 Å². The van der Waals surface area contributed by atoms with Gasteiger partial charge in [0.05, 0.1) is 0 Å². The van der Waals surface area contributed by atoms with Crippen molar-refractivity contribution >= 4 is 18.7 Å². The van der Waals surface area contributed by atoms with Gasteiger partial charge in [0.25, 0.3) is 0 Å². The third-order valence-electron chi connectivity index (χ3n) is 2.61. The van der Waals surface area contributed by atoms with Crippen LogP contribution in [-0.2, 0) is 4.57 Å². The zero-order valence-corrected chi connectivity index (χ0v) is 8.97. The fourth-order valence-electron chi connectivity index (χ4n) is 1.76. The van der Waals surface area contributed by atoms with Crippen molar-refractivity contribution in [2.24, 2.45) is 0 Å². The Morgan fingerprint density at radius 1 is 1.31 bits per heavy atom. The molecule has 0 saturated carbocycles. The normalized spacial score (nSPS) is 42.8. The van der Waals surface area contributed by atoms with Crippen LogP contribution in [0.3, 0.4) is 0 Å². The Kier molecular flexibility index (Phi) is 2.25. The zero-order valence-electron chi connectivity index (χ0n) is 7.32. The first-order valence-electron chi connectivity index (χ1n) is 4.46. The van der Waals surface area contributed by atoms with E-state index in [4.69, 9.17) is 11.6 Å². The van der Waals surface area contributed by atoms with Gasteiger partial charge in [-0.2, -0.15) is 0 Å². The second-order valence-electron chi connectivity index (χ2n) is 3.50. The highest BCUT2D eigenvalue weighted by atomic mass is 35.5. The first-order chi connectivity index (χ1) is 6.16. The third-order valence-corrected chi connectivity index (χ3v) is 6.95. The van der Waals surface area contributed by atoms with Gasteiger partial charge in [-0.1, -0.05) is 30.4 Å². The molecule has 3 heteroatoms. The van der Waals surface area contributed by atoms with Gasteiger partial charge >= 0.3 is 0 Å². The molecule has 0 fully saturated rings. The fourth-order valence-corrected chi connectivity index (χ4v) is 4.89. The molecule has 0 aromatic heterocycles. The van der Waals surface area contributed by atoms with Crippen molar-refractivity contribution in [3.8, 4) is 0 Å². The molecule has 0 amide bonds. The maximum Gasteiger partial charge on any atom is 0.132 e. The number of hydrogen-bond acceptors (Lipinski definition) is 1. The summed E-state index contributed by atoms with van der Waals surface area (Å²) in [5, 5.41) is 0. The van der Waals surface area contributed by atoms with E-state index in [1.54, 1.807) is 0 Å². The molecule has 1 heterocycles. The molecule has 0 aromatic rings. The maximum absolute atomic E-state index is 12.4. The predicted octanol–water partition coefficient (Wildman–Crippen LogP) is 3.72. The Labute approximate surface area is 83.5 Å². The van der Waals surface area contributed by atoms with E-state index in [-0.39, 0.29) is 0 Å². The van der Waals surface area contributed by atoms with E-state index in [1.807, 2.05) is 36.2 Å². The van der Waals surface area contributed by atoms with Crippen molar-refractivity contribution in [3.05, 3.63) is 36.2 Å². The third kappa shape index (κ3) is 1.45. The quantitative estimate of drug-likeness (QED) is 0.480. The van der Waals surface area contributed by atoms with Gasteiger partial charge in [-0.15, -0.1) is 11.6 Å². The largest absolute Gasteiger partial charge is 0.317 e. The Balaban J connectivity index is 2.34. The van der Waals surface area contributed by atoms with Gasteiger partial charge in [-0.25, -0.2) is 0 Å². The molecule has 0 bridgehead atoms. The fraction of sp³-hybridized carbons (Fsp3) is 0.400. The molecular formula is C10H12ClOP. The molecule has 1 aliphatic carbocycles. The van der Waals surface area contributed by atoms with Crippen molar-refractivity contribution in [2.75, 3.05) is 6.16 Å². The molecule has 13 heavy (non-hydrogen) atoms. The van der Waals surface area contributed by atoms with Gasteiger partial charge in [0.2, 0.25) is 0 Å². The van der Waals surface area contributed by atoms with Crippen LogP contribution in [0.25, 0.3) is 0 Å². The van der Waals surface area contributed by atoms with Gasteiger partial charge in [0.1, 0.15) is 11.8 Å². The summed E-state index contributed by atoms with van der Waals surface area (Å²) in [7, 11) is -2.31. The lowest BCUT2D eigenvalue weighted by Crippen LogP contribution is -2.18. The molecule has 0 aromatic carbocycles. The summed E-state index contributed by atoms with van der Waals surface area (Å²) >= 11 is 6.37. The second-order valence-corrected chi connectivity index (χ2v) is 7.58. The van der Waals surface area contributed by atoms with Crippen LogP contribution in [-0.4, -0.2) is 10.8 Å².